The third-order valence-corrected chi connectivity index (χ3v) is 9.43. The van der Waals surface area contributed by atoms with E-state index in [0.717, 1.165) is 6.42 Å². The van der Waals surface area contributed by atoms with Crippen LogP contribution in [0.1, 0.15) is 63.4 Å². The van der Waals surface area contributed by atoms with Crippen LogP contribution in [0, 0.1) is 17.3 Å². The predicted octanol–water partition coefficient (Wildman–Crippen LogP) is 4.98. The second-order valence-corrected chi connectivity index (χ2v) is 12.0. The largest absolute Gasteiger partial charge is 0.492 e. The molecule has 1 heterocycles. The Labute approximate surface area is 213 Å². The molecule has 1 aliphatic heterocycles. The van der Waals surface area contributed by atoms with Gasteiger partial charge in [-0.3, -0.25) is 9.69 Å². The highest BCUT2D eigenvalue weighted by atomic mass is 35.5. The van der Waals surface area contributed by atoms with E-state index < -0.39 is 40.5 Å². The van der Waals surface area contributed by atoms with E-state index in [1.807, 2.05) is 0 Å². The van der Waals surface area contributed by atoms with E-state index >= 15 is 0 Å². The van der Waals surface area contributed by atoms with Crippen molar-refractivity contribution in [1.29, 1.82) is 0 Å². The summed E-state index contributed by atoms with van der Waals surface area (Å²) in [4.78, 5) is 26.3. The van der Waals surface area contributed by atoms with E-state index in [2.05, 4.69) is 5.32 Å². The molecule has 1 aromatic rings. The molecule has 5 saturated carbocycles. The second kappa shape index (κ2) is 7.81. The van der Waals surface area contributed by atoms with Crippen molar-refractivity contribution in [3.8, 4) is 5.75 Å². The zero-order valence-electron chi connectivity index (χ0n) is 19.9. The molecule has 1 atom stereocenters. The molecule has 6 aliphatic rings. The fraction of sp³-hybridized carbons (Fsp3) is 0.615. The van der Waals surface area contributed by atoms with E-state index in [4.69, 9.17) is 22.1 Å². The Morgan fingerprint density at radius 1 is 1.25 bits per heavy atom. The van der Waals surface area contributed by atoms with Gasteiger partial charge >= 0.3 is 12.0 Å². The Morgan fingerprint density at radius 2 is 1.94 bits per heavy atom. The van der Waals surface area contributed by atoms with Gasteiger partial charge in [-0.25, -0.2) is 13.6 Å². The van der Waals surface area contributed by atoms with Gasteiger partial charge in [-0.2, -0.15) is 0 Å². The normalized spacial score (nSPS) is 34.9. The zero-order chi connectivity index (χ0) is 25.5. The molecule has 0 radical (unpaired) electrons. The van der Waals surface area contributed by atoms with Crippen molar-refractivity contribution in [1.82, 2.24) is 10.2 Å². The first kappa shape index (κ1) is 24.0. The van der Waals surface area contributed by atoms with Gasteiger partial charge in [-0.15, -0.1) is 0 Å². The maximum absolute atomic E-state index is 13.9. The number of benzene rings is 1. The molecule has 36 heavy (non-hydrogen) atoms. The summed E-state index contributed by atoms with van der Waals surface area (Å²) in [5, 5.41) is 12.7. The van der Waals surface area contributed by atoms with Crippen molar-refractivity contribution < 1.29 is 28.2 Å². The number of carboxylic acids is 1. The lowest BCUT2D eigenvalue weighted by molar-refractivity contribution is -0.216. The average molecular weight is 522 g/mol. The summed E-state index contributed by atoms with van der Waals surface area (Å²) >= 11 is 6.52. The van der Waals surface area contributed by atoms with Crippen LogP contribution in [0.5, 0.6) is 5.75 Å². The number of nitrogens with one attached hydrogen (secondary N) is 1. The number of carboxylic acid groups (broad SMARTS) is 1. The molecule has 4 N–H and O–H groups in total. The number of rotatable bonds is 8. The number of nitrogens with two attached hydrogens (primary N) is 1. The number of nitrogens with zero attached hydrogens (tertiary/aromatic N) is 1. The van der Waals surface area contributed by atoms with Crippen molar-refractivity contribution in [2.75, 3.05) is 6.61 Å². The first-order valence-corrected chi connectivity index (χ1v) is 13.0. The van der Waals surface area contributed by atoms with Crippen LogP contribution in [-0.2, 0) is 10.5 Å². The molecular weight excluding hydrogens is 492 g/mol. The van der Waals surface area contributed by atoms with Gasteiger partial charge in [0.1, 0.15) is 11.4 Å². The molecule has 0 saturated heterocycles. The minimum atomic E-state index is -2.78. The molecule has 2 bridgehead atoms. The first-order valence-electron chi connectivity index (χ1n) is 12.6. The van der Waals surface area contributed by atoms with Gasteiger partial charge in [0.25, 0.3) is 0 Å². The zero-order valence-corrected chi connectivity index (χ0v) is 20.6. The summed E-state index contributed by atoms with van der Waals surface area (Å²) in [6, 6.07) is 4.58. The van der Waals surface area contributed by atoms with Gasteiger partial charge in [0.15, 0.2) is 0 Å². The molecule has 0 unspecified atom stereocenters. The number of ether oxygens (including phenoxy) is 1. The summed E-state index contributed by atoms with van der Waals surface area (Å²) in [5.74, 6) is -2.94. The topological polar surface area (TPSA) is 105 Å². The molecule has 0 aromatic heterocycles. The number of hydrogen-bond donors (Lipinski definition) is 3. The van der Waals surface area contributed by atoms with E-state index in [0.29, 0.717) is 53.7 Å². The predicted molar refractivity (Wildman–Crippen MR) is 128 cm³/mol. The number of carbonyl (C=O) groups excluding carboxylic acids is 1. The molecule has 1 aromatic carbocycles. The summed E-state index contributed by atoms with van der Waals surface area (Å²) in [7, 11) is 0. The van der Waals surface area contributed by atoms with Crippen molar-refractivity contribution >= 4 is 23.6 Å². The molecule has 0 spiro atoms. The molecule has 7 nitrogen and oxygen atoms in total. The van der Waals surface area contributed by atoms with Crippen molar-refractivity contribution in [3.63, 3.8) is 0 Å². The van der Waals surface area contributed by atoms with Gasteiger partial charge in [-0.05, 0) is 60.8 Å². The third-order valence-electron chi connectivity index (χ3n) is 9.14. The van der Waals surface area contributed by atoms with Crippen LogP contribution in [0.4, 0.5) is 13.6 Å². The SMILES string of the molecule is N[C@@]1(c2ccc(OCCC3CCC3)c(Cl)c2)NC(=O)N(C23CC(C(=O)O)(C2)C3)C=C1C1CC(F)(F)C1. The molecule has 5 aliphatic carbocycles. The Morgan fingerprint density at radius 3 is 2.50 bits per heavy atom. The fourth-order valence-corrected chi connectivity index (χ4v) is 6.93. The Balaban J connectivity index is 1.26. The standard InChI is InChI=1S/C26H30ClF2N3O4/c27-19-8-17(4-5-20(19)36-7-6-15-2-1-3-15)26(30)18(16-9-25(28,29)10-16)11-32(22(35)31-26)24-12-23(13-24,14-24)21(33)34/h4-5,8,11,15-16H,1-3,6-7,9-10,12-14,30H2,(H,31,35)(H,33,34)/t23?,24?,26-/m0/s1. The van der Waals surface area contributed by atoms with E-state index in [9.17, 15) is 23.5 Å². The maximum atomic E-state index is 13.9. The average Bonchev–Trinajstić information content (AvgIpc) is 2.68. The number of halogens is 3. The van der Waals surface area contributed by atoms with E-state index in [1.54, 1.807) is 24.4 Å². The lowest BCUT2D eigenvalue weighted by Crippen LogP contribution is -2.79. The van der Waals surface area contributed by atoms with Crippen LogP contribution in [0.3, 0.4) is 0 Å². The number of hydrogen-bond acceptors (Lipinski definition) is 4. The lowest BCUT2D eigenvalue weighted by atomic mass is 9.38. The Kier molecular flexibility index (Phi) is 5.20. The van der Waals surface area contributed by atoms with Gasteiger partial charge in [-0.1, -0.05) is 36.9 Å². The number of alkyl halides is 2. The molecule has 7 rings (SSSR count). The fourth-order valence-electron chi connectivity index (χ4n) is 6.70. The van der Waals surface area contributed by atoms with Crippen LogP contribution in [-0.4, -0.2) is 40.1 Å². The summed E-state index contributed by atoms with van der Waals surface area (Å²) in [6.45, 7) is 0.561. The first-order chi connectivity index (χ1) is 17.0. The molecular formula is C26H30ClF2N3O4. The summed E-state index contributed by atoms with van der Waals surface area (Å²) in [6.07, 6.45) is 6.64. The molecule has 194 valence electrons. The van der Waals surface area contributed by atoms with Crippen molar-refractivity contribution in [3.05, 3.63) is 40.6 Å². The van der Waals surface area contributed by atoms with Crippen LogP contribution in [0.25, 0.3) is 0 Å². The van der Waals surface area contributed by atoms with Gasteiger partial charge in [0, 0.05) is 19.0 Å². The molecule has 10 heteroatoms. The smallest absolute Gasteiger partial charge is 0.323 e. The molecule has 2 amide bonds. The van der Waals surface area contributed by atoms with Crippen molar-refractivity contribution in [2.45, 2.75) is 74.9 Å². The maximum Gasteiger partial charge on any atom is 0.323 e. The van der Waals surface area contributed by atoms with Gasteiger partial charge in [0.2, 0.25) is 5.92 Å². The highest BCUT2D eigenvalue weighted by Gasteiger charge is 2.75. The highest BCUT2D eigenvalue weighted by Crippen LogP contribution is 2.70. The number of urea groups is 1. The van der Waals surface area contributed by atoms with E-state index in [-0.39, 0.29) is 12.8 Å². The van der Waals surface area contributed by atoms with Gasteiger partial charge in [0.05, 0.1) is 22.6 Å². The lowest BCUT2D eigenvalue weighted by Gasteiger charge is -2.71. The number of amides is 2. The number of aliphatic carboxylic acids is 1. The van der Waals surface area contributed by atoms with E-state index in [1.165, 1.54) is 24.2 Å². The third kappa shape index (κ3) is 3.53. The second-order valence-electron chi connectivity index (χ2n) is 11.6. The summed E-state index contributed by atoms with van der Waals surface area (Å²) in [5.41, 5.74) is 4.85. The quantitative estimate of drug-likeness (QED) is 0.447. The van der Waals surface area contributed by atoms with Gasteiger partial charge < -0.3 is 20.9 Å². The monoisotopic (exact) mass is 521 g/mol. The van der Waals surface area contributed by atoms with Crippen LogP contribution in [0.15, 0.2) is 30.0 Å². The Hall–Kier alpha value is -2.39. The van der Waals surface area contributed by atoms with Crippen LogP contribution in [0.2, 0.25) is 5.02 Å². The number of carbonyl (C=O) groups is 2. The van der Waals surface area contributed by atoms with Crippen LogP contribution >= 0.6 is 11.6 Å². The van der Waals surface area contributed by atoms with Crippen molar-refractivity contribution in [2.24, 2.45) is 23.0 Å². The minimum absolute atomic E-state index is 0.337. The Bertz CT molecular complexity index is 1140. The highest BCUT2D eigenvalue weighted by molar-refractivity contribution is 6.32. The molecule has 5 fully saturated rings. The minimum Gasteiger partial charge on any atom is -0.492 e. The summed E-state index contributed by atoms with van der Waals surface area (Å²) < 4.78 is 33.6. The van der Waals surface area contributed by atoms with Crippen LogP contribution < -0.4 is 15.8 Å².